The molecule has 0 saturated heterocycles. The Morgan fingerprint density at radius 1 is 1.41 bits per heavy atom. The lowest BCUT2D eigenvalue weighted by Gasteiger charge is -2.15. The molecule has 3 rings (SSSR count). The van der Waals surface area contributed by atoms with Crippen molar-refractivity contribution in [1.82, 2.24) is 0 Å². The van der Waals surface area contributed by atoms with Gasteiger partial charge in [0.15, 0.2) is 9.84 Å². The molecule has 0 unspecified atom stereocenters. The number of hydrogen-bond acceptors (Lipinski definition) is 3. The van der Waals surface area contributed by atoms with Crippen molar-refractivity contribution in [2.24, 2.45) is 23.2 Å². The topological polar surface area (TPSA) is 71.4 Å². The van der Waals surface area contributed by atoms with Crippen LogP contribution in [0.4, 0.5) is 0 Å². The minimum absolute atomic E-state index is 0.0895. The van der Waals surface area contributed by atoms with Gasteiger partial charge in [-0.15, -0.1) is 0 Å². The summed E-state index contributed by atoms with van der Waals surface area (Å²) in [6.07, 6.45) is 3.07. The number of carbonyl (C=O) groups is 1. The maximum Gasteiger partial charge on any atom is 0.307 e. The Bertz CT molecular complexity index is 465. The first-order chi connectivity index (χ1) is 7.84. The highest BCUT2D eigenvalue weighted by Crippen LogP contribution is 2.69. The quantitative estimate of drug-likeness (QED) is 0.825. The molecular formula is C12H18O4S. The maximum atomic E-state index is 11.9. The zero-order valence-electron chi connectivity index (χ0n) is 9.93. The Morgan fingerprint density at radius 3 is 2.53 bits per heavy atom. The lowest BCUT2D eigenvalue weighted by molar-refractivity contribution is -0.143. The molecule has 0 radical (unpaired) electrons. The number of fused-ring (bicyclic) bond motifs is 1. The van der Waals surface area contributed by atoms with Crippen LogP contribution in [0, 0.1) is 23.2 Å². The summed E-state index contributed by atoms with van der Waals surface area (Å²) in [6.45, 7) is 2.00. The van der Waals surface area contributed by atoms with Gasteiger partial charge in [0, 0.05) is 0 Å². The summed E-state index contributed by atoms with van der Waals surface area (Å²) in [7, 11) is -2.95. The highest BCUT2D eigenvalue weighted by molar-refractivity contribution is 7.92. The van der Waals surface area contributed by atoms with Gasteiger partial charge in [-0.3, -0.25) is 4.79 Å². The predicted molar refractivity (Wildman–Crippen MR) is 62.3 cm³/mol. The van der Waals surface area contributed by atoms with Gasteiger partial charge in [0.25, 0.3) is 0 Å². The maximum absolute atomic E-state index is 11.9. The summed E-state index contributed by atoms with van der Waals surface area (Å²) in [5.74, 6) is -0.432. The van der Waals surface area contributed by atoms with E-state index in [1.54, 1.807) is 0 Å². The van der Waals surface area contributed by atoms with Gasteiger partial charge in [-0.1, -0.05) is 6.92 Å². The molecule has 5 heteroatoms. The van der Waals surface area contributed by atoms with E-state index in [0.717, 1.165) is 19.3 Å². The van der Waals surface area contributed by atoms with E-state index >= 15 is 0 Å². The molecule has 4 nitrogen and oxygen atoms in total. The Morgan fingerprint density at radius 2 is 2.06 bits per heavy atom. The third-order valence-corrected chi connectivity index (χ3v) is 7.41. The highest BCUT2D eigenvalue weighted by atomic mass is 32.2. The van der Waals surface area contributed by atoms with Gasteiger partial charge in [-0.05, 0) is 42.9 Å². The lowest BCUT2D eigenvalue weighted by atomic mass is 9.92. The lowest BCUT2D eigenvalue weighted by Crippen LogP contribution is -2.23. The summed E-state index contributed by atoms with van der Waals surface area (Å²) in [5, 5.41) is 9.05. The minimum atomic E-state index is -2.95. The second kappa shape index (κ2) is 3.25. The second-order valence-electron chi connectivity index (χ2n) is 6.23. The molecule has 17 heavy (non-hydrogen) atoms. The van der Waals surface area contributed by atoms with Crippen LogP contribution in [-0.2, 0) is 14.6 Å². The Kier molecular flexibility index (Phi) is 2.20. The first kappa shape index (κ1) is 11.5. The Labute approximate surface area is 101 Å². The molecule has 3 saturated carbocycles. The van der Waals surface area contributed by atoms with Crippen molar-refractivity contribution in [2.75, 3.05) is 5.75 Å². The number of sulfone groups is 1. The molecule has 0 aromatic heterocycles. The number of rotatable bonds is 4. The van der Waals surface area contributed by atoms with E-state index in [9.17, 15) is 13.2 Å². The average molecular weight is 258 g/mol. The summed E-state index contributed by atoms with van der Waals surface area (Å²) in [6, 6.07) is 0. The zero-order valence-corrected chi connectivity index (χ0v) is 10.7. The Hall–Kier alpha value is -0.580. The molecule has 0 bridgehead atoms. The van der Waals surface area contributed by atoms with Gasteiger partial charge in [0.05, 0.1) is 16.9 Å². The number of aliphatic carboxylic acids is 1. The van der Waals surface area contributed by atoms with Gasteiger partial charge < -0.3 is 5.11 Å². The fourth-order valence-corrected chi connectivity index (χ4v) is 5.78. The SMILES string of the molecule is C[C@]12C[C@H]1[C@@H](CS(=O)(=O)C1CC1)C[C@H]2C(=O)O. The molecule has 4 atom stereocenters. The Balaban J connectivity index is 1.73. The van der Waals surface area contributed by atoms with Crippen molar-refractivity contribution in [3.63, 3.8) is 0 Å². The molecule has 0 amide bonds. The summed E-state index contributed by atoms with van der Waals surface area (Å²) in [4.78, 5) is 11.2. The molecule has 3 aliphatic rings. The van der Waals surface area contributed by atoms with Crippen LogP contribution in [0.3, 0.4) is 0 Å². The normalized spacial score (nSPS) is 44.4. The second-order valence-corrected chi connectivity index (χ2v) is 8.56. The molecule has 1 N–H and O–H groups in total. The first-order valence-electron chi connectivity index (χ1n) is 6.29. The van der Waals surface area contributed by atoms with Gasteiger partial charge >= 0.3 is 5.97 Å². The smallest absolute Gasteiger partial charge is 0.307 e. The van der Waals surface area contributed by atoms with Crippen molar-refractivity contribution in [3.8, 4) is 0 Å². The van der Waals surface area contributed by atoms with Crippen molar-refractivity contribution < 1.29 is 18.3 Å². The first-order valence-corrected chi connectivity index (χ1v) is 8.00. The highest BCUT2D eigenvalue weighted by Gasteiger charge is 2.66. The van der Waals surface area contributed by atoms with Crippen molar-refractivity contribution >= 4 is 15.8 Å². The van der Waals surface area contributed by atoms with Crippen LogP contribution in [0.15, 0.2) is 0 Å². The number of carboxylic acid groups (broad SMARTS) is 1. The third kappa shape index (κ3) is 1.70. The third-order valence-electron chi connectivity index (χ3n) is 5.03. The van der Waals surface area contributed by atoms with Crippen LogP contribution < -0.4 is 0 Å². The standard InChI is InChI=1S/C12H18O4S/c1-12-5-10(12)7(4-9(12)11(13)14)6-17(15,16)8-2-3-8/h7-10H,2-6H2,1H3,(H,13,14)/t7-,9+,10+,12-/m1/s1. The van der Waals surface area contributed by atoms with E-state index in [1.807, 2.05) is 6.92 Å². The van der Waals surface area contributed by atoms with E-state index in [4.69, 9.17) is 5.11 Å². The largest absolute Gasteiger partial charge is 0.481 e. The van der Waals surface area contributed by atoms with Gasteiger partial charge in [-0.2, -0.15) is 0 Å². The van der Waals surface area contributed by atoms with Crippen LogP contribution in [-0.4, -0.2) is 30.5 Å². The van der Waals surface area contributed by atoms with E-state index < -0.39 is 15.8 Å². The van der Waals surface area contributed by atoms with Gasteiger partial charge in [-0.25, -0.2) is 8.42 Å². The summed E-state index contributed by atoms with van der Waals surface area (Å²) >= 11 is 0. The van der Waals surface area contributed by atoms with Crippen molar-refractivity contribution in [3.05, 3.63) is 0 Å². The van der Waals surface area contributed by atoms with E-state index in [1.165, 1.54) is 0 Å². The molecular weight excluding hydrogens is 240 g/mol. The molecule has 0 aliphatic heterocycles. The van der Waals surface area contributed by atoms with E-state index in [2.05, 4.69) is 0 Å². The van der Waals surface area contributed by atoms with Crippen LogP contribution in [0.1, 0.15) is 32.6 Å². The zero-order chi connectivity index (χ0) is 12.4. The fourth-order valence-electron chi connectivity index (χ4n) is 3.69. The number of hydrogen-bond donors (Lipinski definition) is 1. The molecule has 3 fully saturated rings. The van der Waals surface area contributed by atoms with Crippen LogP contribution >= 0.6 is 0 Å². The van der Waals surface area contributed by atoms with E-state index in [0.29, 0.717) is 12.3 Å². The van der Waals surface area contributed by atoms with Crippen LogP contribution in [0.2, 0.25) is 0 Å². The van der Waals surface area contributed by atoms with Crippen molar-refractivity contribution in [2.45, 2.75) is 37.9 Å². The average Bonchev–Trinajstić information content (AvgIpc) is 3.06. The van der Waals surface area contributed by atoms with Gasteiger partial charge in [0.2, 0.25) is 0 Å². The van der Waals surface area contributed by atoms with E-state index in [-0.39, 0.29) is 28.3 Å². The summed E-state index contributed by atoms with van der Waals surface area (Å²) in [5.41, 5.74) is -0.116. The minimum Gasteiger partial charge on any atom is -0.481 e. The molecule has 0 spiro atoms. The van der Waals surface area contributed by atoms with Crippen molar-refractivity contribution in [1.29, 1.82) is 0 Å². The molecule has 96 valence electrons. The predicted octanol–water partition coefficient (Wildman–Crippen LogP) is 1.31. The van der Waals surface area contributed by atoms with Crippen LogP contribution in [0.5, 0.6) is 0 Å². The summed E-state index contributed by atoms with van der Waals surface area (Å²) < 4.78 is 23.9. The monoisotopic (exact) mass is 258 g/mol. The number of carboxylic acids is 1. The molecule has 0 aromatic carbocycles. The van der Waals surface area contributed by atoms with Gasteiger partial charge in [0.1, 0.15) is 0 Å². The fraction of sp³-hybridized carbons (Fsp3) is 0.917. The van der Waals surface area contributed by atoms with Crippen LogP contribution in [0.25, 0.3) is 0 Å². The molecule has 0 heterocycles. The molecule has 3 aliphatic carbocycles. The molecule has 0 aromatic rings.